The first-order valence-corrected chi connectivity index (χ1v) is 17.9. The molecule has 2 aliphatic rings. The fraction of sp³-hybridized carbons (Fsp3) is 0.381. The molecule has 2 amide bonds. The van der Waals surface area contributed by atoms with Crippen LogP contribution in [0.1, 0.15) is 80.2 Å². The SMILES string of the molecule is CC(C)(C)OC(=O)[C@@H]1CCCN1C[C@H]1C[C@@H](c2ccc(CO)cc2)O[C@@H](c2ccc(-c3cccc(CNC(=O)NCc4ccccc4)c3)cc2)O1. The number of rotatable bonds is 11. The Morgan fingerprint density at radius 2 is 1.49 bits per heavy atom. The molecule has 2 aliphatic heterocycles. The monoisotopic (exact) mass is 691 g/mol. The molecule has 4 aromatic rings. The molecule has 9 heteroatoms. The highest BCUT2D eigenvalue weighted by Crippen LogP contribution is 2.39. The largest absolute Gasteiger partial charge is 0.459 e. The molecular weight excluding hydrogens is 642 g/mol. The van der Waals surface area contributed by atoms with Crippen LogP contribution in [0.5, 0.6) is 0 Å². The maximum absolute atomic E-state index is 13.1. The minimum atomic E-state index is -0.604. The molecule has 0 bridgehead atoms. The van der Waals surface area contributed by atoms with Gasteiger partial charge in [-0.1, -0.05) is 97.1 Å². The van der Waals surface area contributed by atoms with Gasteiger partial charge < -0.3 is 30.0 Å². The van der Waals surface area contributed by atoms with Gasteiger partial charge in [-0.25, -0.2) is 4.79 Å². The third kappa shape index (κ3) is 10.0. The van der Waals surface area contributed by atoms with Crippen LogP contribution < -0.4 is 10.6 Å². The number of amides is 2. The van der Waals surface area contributed by atoms with E-state index >= 15 is 0 Å². The Hall–Kier alpha value is -4.54. The van der Waals surface area contributed by atoms with Gasteiger partial charge in [0.2, 0.25) is 0 Å². The van der Waals surface area contributed by atoms with Gasteiger partial charge in [0.15, 0.2) is 6.29 Å². The van der Waals surface area contributed by atoms with Crippen molar-refractivity contribution < 1.29 is 28.9 Å². The van der Waals surface area contributed by atoms with Crippen LogP contribution >= 0.6 is 0 Å². The summed E-state index contributed by atoms with van der Waals surface area (Å²) in [5.74, 6) is -0.179. The fourth-order valence-electron chi connectivity index (χ4n) is 6.69. The molecule has 4 atom stereocenters. The summed E-state index contributed by atoms with van der Waals surface area (Å²) in [5, 5.41) is 15.4. The lowest BCUT2D eigenvalue weighted by Crippen LogP contribution is -2.45. The van der Waals surface area contributed by atoms with Crippen molar-refractivity contribution in [3.8, 4) is 11.1 Å². The van der Waals surface area contributed by atoms with Gasteiger partial charge in [-0.05, 0) is 79.6 Å². The first kappa shape index (κ1) is 36.3. The summed E-state index contributed by atoms with van der Waals surface area (Å²) in [6, 6.07) is 33.5. The number of urea groups is 1. The van der Waals surface area contributed by atoms with Gasteiger partial charge in [-0.3, -0.25) is 9.69 Å². The zero-order valence-electron chi connectivity index (χ0n) is 29.7. The lowest BCUT2D eigenvalue weighted by molar-refractivity contribution is -0.253. The number of benzene rings is 4. The number of carbonyl (C=O) groups excluding carboxylic acids is 2. The second kappa shape index (κ2) is 16.7. The summed E-state index contributed by atoms with van der Waals surface area (Å²) in [7, 11) is 0. The predicted octanol–water partition coefficient (Wildman–Crippen LogP) is 7.20. The number of hydrogen-bond acceptors (Lipinski definition) is 7. The van der Waals surface area contributed by atoms with E-state index in [0.717, 1.165) is 58.3 Å². The minimum absolute atomic E-state index is 0.0168. The number of carbonyl (C=O) groups is 2. The molecule has 6 rings (SSSR count). The zero-order chi connectivity index (χ0) is 35.8. The number of aliphatic hydroxyl groups is 1. The molecule has 268 valence electrons. The van der Waals surface area contributed by atoms with Crippen LogP contribution in [0, 0.1) is 0 Å². The Labute approximate surface area is 300 Å². The topological polar surface area (TPSA) is 109 Å². The maximum atomic E-state index is 13.1. The van der Waals surface area contributed by atoms with E-state index in [1.165, 1.54) is 0 Å². The number of likely N-dealkylation sites (tertiary alicyclic amines) is 1. The summed E-state index contributed by atoms with van der Waals surface area (Å²) < 4.78 is 19.0. The average Bonchev–Trinajstić information content (AvgIpc) is 3.61. The Kier molecular flexibility index (Phi) is 11.8. The van der Waals surface area contributed by atoms with Gasteiger partial charge in [-0.15, -0.1) is 0 Å². The van der Waals surface area contributed by atoms with Crippen molar-refractivity contribution in [3.63, 3.8) is 0 Å². The molecule has 2 heterocycles. The van der Waals surface area contributed by atoms with Crippen molar-refractivity contribution in [3.05, 3.63) is 131 Å². The number of ether oxygens (including phenoxy) is 3. The standard InChI is InChI=1S/C42H49N3O6/c1-42(2,3)51-39(47)37-13-8-22-45(37)27-36-24-38(33-16-14-30(28-46)15-17-33)50-40(49-36)34-20-18-32(19-21-34)35-12-7-11-31(23-35)26-44-41(48)43-25-29-9-5-4-6-10-29/h4-7,9-12,14-21,23,36-38,40,46H,8,13,22,24-28H2,1-3H3,(H2,43,44,48)/t36-,37+,38+,40+/m1/s1. The maximum Gasteiger partial charge on any atom is 0.323 e. The second-order valence-electron chi connectivity index (χ2n) is 14.4. The van der Waals surface area contributed by atoms with Gasteiger partial charge in [0.05, 0.1) is 18.8 Å². The number of nitrogens with one attached hydrogen (secondary N) is 2. The normalized spacial score (nSPS) is 20.9. The lowest BCUT2D eigenvalue weighted by atomic mass is 9.98. The molecule has 0 spiro atoms. The smallest absolute Gasteiger partial charge is 0.323 e. The minimum Gasteiger partial charge on any atom is -0.459 e. The van der Waals surface area contributed by atoms with Gasteiger partial charge in [-0.2, -0.15) is 0 Å². The van der Waals surface area contributed by atoms with Crippen LogP contribution in [0.2, 0.25) is 0 Å². The van der Waals surface area contributed by atoms with Gasteiger partial charge >= 0.3 is 12.0 Å². The molecule has 0 unspecified atom stereocenters. The van der Waals surface area contributed by atoms with Crippen molar-refractivity contribution in [1.82, 2.24) is 15.5 Å². The Morgan fingerprint density at radius 1 is 0.804 bits per heavy atom. The number of hydrogen-bond donors (Lipinski definition) is 3. The quantitative estimate of drug-likeness (QED) is 0.143. The predicted molar refractivity (Wildman–Crippen MR) is 196 cm³/mol. The lowest BCUT2D eigenvalue weighted by Gasteiger charge is -2.38. The molecule has 2 saturated heterocycles. The second-order valence-corrected chi connectivity index (χ2v) is 14.4. The molecule has 0 aliphatic carbocycles. The molecule has 2 fully saturated rings. The highest BCUT2D eigenvalue weighted by molar-refractivity contribution is 5.76. The van der Waals surface area contributed by atoms with E-state index < -0.39 is 11.9 Å². The van der Waals surface area contributed by atoms with E-state index in [4.69, 9.17) is 14.2 Å². The third-order valence-electron chi connectivity index (χ3n) is 9.29. The summed E-state index contributed by atoms with van der Waals surface area (Å²) in [6.45, 7) is 7.97. The molecule has 0 saturated carbocycles. The van der Waals surface area contributed by atoms with Crippen molar-refractivity contribution >= 4 is 12.0 Å². The summed E-state index contributed by atoms with van der Waals surface area (Å²) in [6.07, 6.45) is 1.33. The first-order chi connectivity index (χ1) is 24.6. The van der Waals surface area contributed by atoms with E-state index in [0.29, 0.717) is 26.1 Å². The third-order valence-corrected chi connectivity index (χ3v) is 9.29. The van der Waals surface area contributed by atoms with E-state index in [1.54, 1.807) is 0 Å². The van der Waals surface area contributed by atoms with Gasteiger partial charge in [0, 0.05) is 31.6 Å². The highest BCUT2D eigenvalue weighted by atomic mass is 16.7. The fourth-order valence-corrected chi connectivity index (χ4v) is 6.69. The Morgan fingerprint density at radius 3 is 2.20 bits per heavy atom. The summed E-state index contributed by atoms with van der Waals surface area (Å²) in [5.41, 5.74) is 6.34. The first-order valence-electron chi connectivity index (χ1n) is 17.9. The molecule has 3 N–H and O–H groups in total. The zero-order valence-corrected chi connectivity index (χ0v) is 29.7. The van der Waals surface area contributed by atoms with E-state index in [2.05, 4.69) is 39.8 Å². The highest BCUT2D eigenvalue weighted by Gasteiger charge is 2.39. The Balaban J connectivity index is 1.13. The van der Waals surface area contributed by atoms with Crippen LogP contribution in [-0.4, -0.2) is 52.8 Å². The van der Waals surface area contributed by atoms with Crippen LogP contribution in [-0.2, 0) is 38.7 Å². The molecular formula is C42H49N3O6. The van der Waals surface area contributed by atoms with Crippen molar-refractivity contribution in [2.24, 2.45) is 0 Å². The molecule has 0 aromatic heterocycles. The number of nitrogens with zero attached hydrogens (tertiary/aromatic N) is 1. The van der Waals surface area contributed by atoms with E-state index in [9.17, 15) is 14.7 Å². The van der Waals surface area contributed by atoms with Crippen molar-refractivity contribution in [2.45, 2.75) is 89.9 Å². The van der Waals surface area contributed by atoms with E-state index in [1.807, 2.05) is 99.6 Å². The Bertz CT molecular complexity index is 1740. The van der Waals surface area contributed by atoms with Crippen molar-refractivity contribution in [1.29, 1.82) is 0 Å². The van der Waals surface area contributed by atoms with Crippen LogP contribution in [0.4, 0.5) is 4.79 Å². The summed E-state index contributed by atoms with van der Waals surface area (Å²) >= 11 is 0. The summed E-state index contributed by atoms with van der Waals surface area (Å²) in [4.78, 5) is 27.7. The van der Waals surface area contributed by atoms with Crippen molar-refractivity contribution in [2.75, 3.05) is 13.1 Å². The van der Waals surface area contributed by atoms with Crippen LogP contribution in [0.15, 0.2) is 103 Å². The van der Waals surface area contributed by atoms with Crippen LogP contribution in [0.3, 0.4) is 0 Å². The molecule has 4 aromatic carbocycles. The average molecular weight is 692 g/mol. The van der Waals surface area contributed by atoms with E-state index in [-0.39, 0.29) is 36.9 Å². The van der Waals surface area contributed by atoms with Gasteiger partial charge in [0.25, 0.3) is 0 Å². The molecule has 9 nitrogen and oxygen atoms in total. The molecule has 0 radical (unpaired) electrons. The molecule has 51 heavy (non-hydrogen) atoms. The number of esters is 1. The van der Waals surface area contributed by atoms with Gasteiger partial charge in [0.1, 0.15) is 11.6 Å². The van der Waals surface area contributed by atoms with Crippen LogP contribution in [0.25, 0.3) is 11.1 Å². The number of aliphatic hydroxyl groups excluding tert-OH is 1.